The van der Waals surface area contributed by atoms with Crippen molar-refractivity contribution >= 4 is 21.6 Å². The quantitative estimate of drug-likeness (QED) is 0.799. The molecule has 1 amide bonds. The lowest BCUT2D eigenvalue weighted by Gasteiger charge is -2.26. The van der Waals surface area contributed by atoms with Crippen LogP contribution in [0.4, 0.5) is 5.69 Å². The normalized spacial score (nSPS) is 15.2. The highest BCUT2D eigenvalue weighted by molar-refractivity contribution is 7.89. The molecule has 28 heavy (non-hydrogen) atoms. The molecule has 3 rings (SSSR count). The second-order valence-corrected chi connectivity index (χ2v) is 8.51. The van der Waals surface area contributed by atoms with Crippen molar-refractivity contribution in [2.24, 2.45) is 0 Å². The van der Waals surface area contributed by atoms with E-state index in [1.165, 1.54) is 10.4 Å². The number of morpholine rings is 1. The van der Waals surface area contributed by atoms with Gasteiger partial charge in [-0.25, -0.2) is 8.42 Å². The minimum absolute atomic E-state index is 0.162. The molecule has 150 valence electrons. The van der Waals surface area contributed by atoms with Gasteiger partial charge >= 0.3 is 0 Å². The maximum Gasteiger partial charge on any atom is 0.262 e. The zero-order valence-corrected chi connectivity index (χ0v) is 16.8. The van der Waals surface area contributed by atoms with Crippen LogP contribution in [0.15, 0.2) is 47.4 Å². The topological polar surface area (TPSA) is 84.9 Å². The number of aryl methyl sites for hydroxylation is 2. The molecule has 1 saturated heterocycles. The number of para-hydroxylation sites is 1. The van der Waals surface area contributed by atoms with Gasteiger partial charge in [0.1, 0.15) is 5.75 Å². The number of anilines is 1. The number of rotatable bonds is 6. The van der Waals surface area contributed by atoms with Gasteiger partial charge in [0, 0.05) is 18.8 Å². The average molecular weight is 404 g/mol. The first-order valence-corrected chi connectivity index (χ1v) is 10.5. The van der Waals surface area contributed by atoms with Crippen LogP contribution in [0.1, 0.15) is 11.1 Å². The van der Waals surface area contributed by atoms with E-state index in [-0.39, 0.29) is 17.4 Å². The lowest BCUT2D eigenvalue weighted by atomic mass is 10.2. The first-order valence-electron chi connectivity index (χ1n) is 9.05. The molecule has 0 radical (unpaired) electrons. The molecule has 2 aromatic rings. The van der Waals surface area contributed by atoms with Gasteiger partial charge < -0.3 is 14.8 Å². The largest absolute Gasteiger partial charge is 0.483 e. The van der Waals surface area contributed by atoms with Crippen molar-refractivity contribution in [1.29, 1.82) is 0 Å². The van der Waals surface area contributed by atoms with Crippen molar-refractivity contribution in [3.8, 4) is 5.75 Å². The number of nitrogens with one attached hydrogen (secondary N) is 1. The van der Waals surface area contributed by atoms with Crippen molar-refractivity contribution in [3.63, 3.8) is 0 Å². The molecule has 0 aromatic heterocycles. The van der Waals surface area contributed by atoms with Gasteiger partial charge in [0.25, 0.3) is 5.91 Å². The molecule has 0 bridgehead atoms. The number of nitrogens with zero attached hydrogens (tertiary/aromatic N) is 1. The van der Waals surface area contributed by atoms with Crippen LogP contribution in [0.3, 0.4) is 0 Å². The zero-order valence-electron chi connectivity index (χ0n) is 16.0. The van der Waals surface area contributed by atoms with Crippen molar-refractivity contribution in [2.75, 3.05) is 38.2 Å². The van der Waals surface area contributed by atoms with Gasteiger partial charge in [-0.1, -0.05) is 24.3 Å². The van der Waals surface area contributed by atoms with E-state index in [1.54, 1.807) is 25.1 Å². The highest BCUT2D eigenvalue weighted by Gasteiger charge is 2.28. The van der Waals surface area contributed by atoms with Crippen LogP contribution < -0.4 is 10.1 Å². The summed E-state index contributed by atoms with van der Waals surface area (Å²) in [4.78, 5) is 12.4. The number of benzene rings is 2. The average Bonchev–Trinajstić information content (AvgIpc) is 2.69. The second kappa shape index (κ2) is 8.72. The first-order chi connectivity index (χ1) is 13.4. The van der Waals surface area contributed by atoms with Gasteiger partial charge in [0.2, 0.25) is 10.0 Å². The van der Waals surface area contributed by atoms with E-state index in [2.05, 4.69) is 5.32 Å². The van der Waals surface area contributed by atoms with Crippen LogP contribution >= 0.6 is 0 Å². The van der Waals surface area contributed by atoms with Gasteiger partial charge in [-0.05, 0) is 43.2 Å². The molecule has 0 atom stereocenters. The fraction of sp³-hybridized carbons (Fsp3) is 0.350. The van der Waals surface area contributed by atoms with E-state index >= 15 is 0 Å². The third-order valence-electron chi connectivity index (χ3n) is 4.51. The van der Waals surface area contributed by atoms with E-state index in [9.17, 15) is 13.2 Å². The molecule has 0 saturated carbocycles. The van der Waals surface area contributed by atoms with Gasteiger partial charge in [-0.15, -0.1) is 0 Å². The zero-order chi connectivity index (χ0) is 20.1. The minimum Gasteiger partial charge on any atom is -0.483 e. The Morgan fingerprint density at radius 1 is 1.11 bits per heavy atom. The SMILES string of the molecule is Cc1ccccc1OCC(=O)Nc1ccc(C)c(S(=O)(=O)N2CCOCC2)c1. The van der Waals surface area contributed by atoms with Crippen LogP contribution in [-0.4, -0.2) is 51.5 Å². The van der Waals surface area contributed by atoms with Crippen molar-refractivity contribution < 1.29 is 22.7 Å². The van der Waals surface area contributed by atoms with Crippen LogP contribution in [-0.2, 0) is 19.6 Å². The number of ether oxygens (including phenoxy) is 2. The Labute approximate surface area is 165 Å². The number of carbonyl (C=O) groups excluding carboxylic acids is 1. The van der Waals surface area contributed by atoms with E-state index in [1.807, 2.05) is 25.1 Å². The summed E-state index contributed by atoms with van der Waals surface area (Å²) in [6.07, 6.45) is 0. The Kier molecular flexibility index (Phi) is 6.33. The molecule has 1 heterocycles. The predicted octanol–water partition coefficient (Wildman–Crippen LogP) is 2.34. The highest BCUT2D eigenvalue weighted by atomic mass is 32.2. The summed E-state index contributed by atoms with van der Waals surface area (Å²) >= 11 is 0. The number of carbonyl (C=O) groups is 1. The number of hydrogen-bond donors (Lipinski definition) is 1. The van der Waals surface area contributed by atoms with E-state index in [0.29, 0.717) is 43.3 Å². The molecule has 0 aliphatic carbocycles. The molecule has 2 aromatic carbocycles. The van der Waals surface area contributed by atoms with Crippen LogP contribution in [0, 0.1) is 13.8 Å². The standard InChI is InChI=1S/C20H24N2O5S/c1-15-5-3-4-6-18(15)27-14-20(23)21-17-8-7-16(2)19(13-17)28(24,25)22-9-11-26-12-10-22/h3-8,13H,9-12,14H2,1-2H3,(H,21,23). The predicted molar refractivity (Wildman–Crippen MR) is 106 cm³/mol. The summed E-state index contributed by atoms with van der Waals surface area (Å²) in [7, 11) is -3.64. The Morgan fingerprint density at radius 2 is 1.82 bits per heavy atom. The molecular weight excluding hydrogens is 380 g/mol. The van der Waals surface area contributed by atoms with Gasteiger partial charge in [-0.3, -0.25) is 4.79 Å². The maximum absolute atomic E-state index is 12.9. The van der Waals surface area contributed by atoms with Crippen LogP contribution in [0.2, 0.25) is 0 Å². The highest BCUT2D eigenvalue weighted by Crippen LogP contribution is 2.24. The summed E-state index contributed by atoms with van der Waals surface area (Å²) in [6.45, 7) is 4.88. The lowest BCUT2D eigenvalue weighted by molar-refractivity contribution is -0.118. The van der Waals surface area contributed by atoms with Crippen molar-refractivity contribution in [3.05, 3.63) is 53.6 Å². The van der Waals surface area contributed by atoms with E-state index < -0.39 is 10.0 Å². The Hall–Kier alpha value is -2.42. The Bertz CT molecular complexity index is 953. The molecule has 1 N–H and O–H groups in total. The third kappa shape index (κ3) is 4.70. The summed E-state index contributed by atoms with van der Waals surface area (Å²) in [5.74, 6) is 0.277. The molecule has 0 spiro atoms. The smallest absolute Gasteiger partial charge is 0.262 e. The summed E-state index contributed by atoms with van der Waals surface area (Å²) < 4.78 is 38.0. The maximum atomic E-state index is 12.9. The fourth-order valence-electron chi connectivity index (χ4n) is 2.94. The number of sulfonamides is 1. The van der Waals surface area contributed by atoms with Gasteiger partial charge in [-0.2, -0.15) is 4.31 Å². The van der Waals surface area contributed by atoms with Gasteiger partial charge in [0.15, 0.2) is 6.61 Å². The Balaban J connectivity index is 1.70. The molecule has 0 unspecified atom stereocenters. The third-order valence-corrected chi connectivity index (χ3v) is 6.55. The molecule has 1 aliphatic rings. The van der Waals surface area contributed by atoms with Gasteiger partial charge in [0.05, 0.1) is 18.1 Å². The van der Waals surface area contributed by atoms with E-state index in [4.69, 9.17) is 9.47 Å². The van der Waals surface area contributed by atoms with Crippen LogP contribution in [0.25, 0.3) is 0 Å². The van der Waals surface area contributed by atoms with E-state index in [0.717, 1.165) is 5.56 Å². The van der Waals surface area contributed by atoms with Crippen molar-refractivity contribution in [2.45, 2.75) is 18.7 Å². The van der Waals surface area contributed by atoms with Crippen molar-refractivity contribution in [1.82, 2.24) is 4.31 Å². The number of hydrogen-bond acceptors (Lipinski definition) is 5. The fourth-order valence-corrected chi connectivity index (χ4v) is 4.60. The molecule has 7 nitrogen and oxygen atoms in total. The first kappa shape index (κ1) is 20.3. The van der Waals surface area contributed by atoms with Crippen LogP contribution in [0.5, 0.6) is 5.75 Å². The summed E-state index contributed by atoms with van der Waals surface area (Å²) in [5.41, 5.74) is 1.97. The second-order valence-electron chi connectivity index (χ2n) is 6.60. The monoisotopic (exact) mass is 404 g/mol. The Morgan fingerprint density at radius 3 is 2.54 bits per heavy atom. The molecule has 1 aliphatic heterocycles. The minimum atomic E-state index is -3.64. The number of amides is 1. The molecular formula is C20H24N2O5S. The lowest BCUT2D eigenvalue weighted by Crippen LogP contribution is -2.40. The molecule has 8 heteroatoms. The molecule has 1 fully saturated rings. The summed E-state index contributed by atoms with van der Waals surface area (Å²) in [5, 5.41) is 2.70. The summed E-state index contributed by atoms with van der Waals surface area (Å²) in [6, 6.07) is 12.3.